The zero-order valence-electron chi connectivity index (χ0n) is 9.98. The predicted molar refractivity (Wildman–Crippen MR) is 69.1 cm³/mol. The summed E-state index contributed by atoms with van der Waals surface area (Å²) in [6.45, 7) is 3.34. The lowest BCUT2D eigenvalue weighted by molar-refractivity contribution is 0.572. The molecule has 2 aromatic rings. The minimum Gasteiger partial charge on any atom is -0.297 e. The SMILES string of the molecule is Cc1c(Cl)[nH]c(=O)n(C(C)c2cccnc2)c1=O. The molecule has 0 amide bonds. The van der Waals surface area contributed by atoms with E-state index in [1.165, 1.54) is 0 Å². The molecule has 0 spiro atoms. The quantitative estimate of drug-likeness (QED) is 0.837. The molecule has 0 saturated carbocycles. The maximum Gasteiger partial charge on any atom is 0.330 e. The summed E-state index contributed by atoms with van der Waals surface area (Å²) in [5.74, 6) is 0. The van der Waals surface area contributed by atoms with Gasteiger partial charge in [-0.25, -0.2) is 4.79 Å². The van der Waals surface area contributed by atoms with Crippen molar-refractivity contribution < 1.29 is 0 Å². The van der Waals surface area contributed by atoms with E-state index >= 15 is 0 Å². The first-order chi connectivity index (χ1) is 8.52. The molecule has 18 heavy (non-hydrogen) atoms. The summed E-state index contributed by atoms with van der Waals surface area (Å²) in [5.41, 5.74) is 0.200. The maximum atomic E-state index is 12.1. The van der Waals surface area contributed by atoms with E-state index in [1.54, 1.807) is 32.3 Å². The fourth-order valence-corrected chi connectivity index (χ4v) is 1.90. The van der Waals surface area contributed by atoms with Crippen LogP contribution in [0.1, 0.15) is 24.1 Å². The Bertz CT molecular complexity index is 676. The van der Waals surface area contributed by atoms with Gasteiger partial charge in [0.15, 0.2) is 0 Å². The van der Waals surface area contributed by atoms with Crippen molar-refractivity contribution in [3.8, 4) is 0 Å². The fraction of sp³-hybridized carbons (Fsp3) is 0.250. The monoisotopic (exact) mass is 265 g/mol. The van der Waals surface area contributed by atoms with E-state index in [0.29, 0.717) is 5.56 Å². The van der Waals surface area contributed by atoms with Gasteiger partial charge in [-0.15, -0.1) is 0 Å². The highest BCUT2D eigenvalue weighted by molar-refractivity contribution is 6.30. The molecule has 0 fully saturated rings. The molecule has 0 saturated heterocycles. The lowest BCUT2D eigenvalue weighted by Gasteiger charge is -2.14. The molecule has 1 N–H and O–H groups in total. The van der Waals surface area contributed by atoms with Gasteiger partial charge in [0.05, 0.1) is 6.04 Å². The second-order valence-electron chi connectivity index (χ2n) is 4.01. The van der Waals surface area contributed by atoms with Gasteiger partial charge in [0.25, 0.3) is 5.56 Å². The summed E-state index contributed by atoms with van der Waals surface area (Å²) in [6.07, 6.45) is 3.26. The number of nitrogens with zero attached hydrogens (tertiary/aromatic N) is 2. The molecule has 5 nitrogen and oxygen atoms in total. The van der Waals surface area contributed by atoms with Crippen molar-refractivity contribution in [2.24, 2.45) is 0 Å². The van der Waals surface area contributed by atoms with Gasteiger partial charge in [-0.3, -0.25) is 19.3 Å². The van der Waals surface area contributed by atoms with Crippen LogP contribution in [0.3, 0.4) is 0 Å². The molecule has 0 radical (unpaired) electrons. The Kier molecular flexibility index (Phi) is 3.34. The fourth-order valence-electron chi connectivity index (χ4n) is 1.74. The molecule has 1 unspecified atom stereocenters. The Morgan fingerprint density at radius 3 is 2.78 bits per heavy atom. The third-order valence-corrected chi connectivity index (χ3v) is 3.24. The largest absolute Gasteiger partial charge is 0.330 e. The lowest BCUT2D eigenvalue weighted by atomic mass is 10.1. The van der Waals surface area contributed by atoms with Gasteiger partial charge < -0.3 is 0 Å². The van der Waals surface area contributed by atoms with Gasteiger partial charge in [-0.05, 0) is 25.5 Å². The molecule has 2 rings (SSSR count). The van der Waals surface area contributed by atoms with E-state index in [9.17, 15) is 9.59 Å². The molecule has 1 atom stereocenters. The van der Waals surface area contributed by atoms with Crippen LogP contribution in [0.5, 0.6) is 0 Å². The average molecular weight is 266 g/mol. The van der Waals surface area contributed by atoms with Crippen molar-refractivity contribution in [3.05, 3.63) is 61.6 Å². The summed E-state index contributed by atoms with van der Waals surface area (Å²) in [7, 11) is 0. The normalized spacial score (nSPS) is 12.4. The molecule has 0 aromatic carbocycles. The van der Waals surface area contributed by atoms with Crippen molar-refractivity contribution in [3.63, 3.8) is 0 Å². The van der Waals surface area contributed by atoms with Crippen molar-refractivity contribution in [2.45, 2.75) is 19.9 Å². The van der Waals surface area contributed by atoms with Crippen molar-refractivity contribution >= 4 is 11.6 Å². The maximum absolute atomic E-state index is 12.1. The highest BCUT2D eigenvalue weighted by Crippen LogP contribution is 2.13. The Hall–Kier alpha value is -1.88. The van der Waals surface area contributed by atoms with E-state index in [0.717, 1.165) is 10.1 Å². The van der Waals surface area contributed by atoms with Gasteiger partial charge in [0.2, 0.25) is 0 Å². The van der Waals surface area contributed by atoms with E-state index in [1.807, 2.05) is 6.07 Å². The standard InChI is InChI=1S/C12H12ClN3O2/c1-7-10(13)15-12(18)16(11(7)17)8(2)9-4-3-5-14-6-9/h3-6,8H,1-2H3,(H,15,18). The Morgan fingerprint density at radius 1 is 1.44 bits per heavy atom. The number of halogens is 1. The molecule has 2 aromatic heterocycles. The second-order valence-corrected chi connectivity index (χ2v) is 4.38. The summed E-state index contributed by atoms with van der Waals surface area (Å²) >= 11 is 5.76. The minimum absolute atomic E-state index is 0.0830. The number of rotatable bonds is 2. The minimum atomic E-state index is -0.521. The molecule has 6 heteroatoms. The van der Waals surface area contributed by atoms with E-state index < -0.39 is 11.7 Å². The molecule has 2 heterocycles. The number of H-pyrrole nitrogens is 1. The third-order valence-electron chi connectivity index (χ3n) is 2.86. The lowest BCUT2D eigenvalue weighted by Crippen LogP contribution is -2.38. The zero-order chi connectivity index (χ0) is 13.3. The van der Waals surface area contributed by atoms with Crippen molar-refractivity contribution in [1.29, 1.82) is 0 Å². The van der Waals surface area contributed by atoms with Crippen LogP contribution in [-0.2, 0) is 0 Å². The van der Waals surface area contributed by atoms with Gasteiger partial charge in [0, 0.05) is 18.0 Å². The predicted octanol–water partition coefficient (Wildman–Crippen LogP) is 1.50. The summed E-state index contributed by atoms with van der Waals surface area (Å²) in [4.78, 5) is 30.3. The first-order valence-corrected chi connectivity index (χ1v) is 5.81. The van der Waals surface area contributed by atoms with Crippen LogP contribution in [0.25, 0.3) is 0 Å². The topological polar surface area (TPSA) is 67.8 Å². The van der Waals surface area contributed by atoms with Crippen LogP contribution in [0.4, 0.5) is 0 Å². The average Bonchev–Trinajstić information content (AvgIpc) is 2.37. The molecule has 0 aliphatic heterocycles. The van der Waals surface area contributed by atoms with E-state index in [-0.39, 0.29) is 10.7 Å². The number of pyridine rings is 1. The molecule has 0 bridgehead atoms. The summed E-state index contributed by atoms with van der Waals surface area (Å²) < 4.78 is 1.14. The van der Waals surface area contributed by atoms with Crippen molar-refractivity contribution in [1.82, 2.24) is 14.5 Å². The number of aromatic nitrogens is 3. The second kappa shape index (κ2) is 4.78. The molecule has 94 valence electrons. The Morgan fingerprint density at radius 2 is 2.17 bits per heavy atom. The van der Waals surface area contributed by atoms with E-state index in [2.05, 4.69) is 9.97 Å². The Balaban J connectivity index is 2.63. The van der Waals surface area contributed by atoms with Gasteiger partial charge in [0.1, 0.15) is 5.15 Å². The number of hydrogen-bond donors (Lipinski definition) is 1. The van der Waals surface area contributed by atoms with E-state index in [4.69, 9.17) is 11.6 Å². The number of aromatic amines is 1. The van der Waals surface area contributed by atoms with Gasteiger partial charge in [-0.1, -0.05) is 17.7 Å². The smallest absolute Gasteiger partial charge is 0.297 e. The van der Waals surface area contributed by atoms with Crippen molar-refractivity contribution in [2.75, 3.05) is 0 Å². The first-order valence-electron chi connectivity index (χ1n) is 5.43. The first kappa shape index (κ1) is 12.6. The molecule has 0 aliphatic rings. The van der Waals surface area contributed by atoms with Gasteiger partial charge in [-0.2, -0.15) is 0 Å². The van der Waals surface area contributed by atoms with Crippen LogP contribution >= 0.6 is 11.6 Å². The molecular formula is C12H12ClN3O2. The van der Waals surface area contributed by atoms with Crippen LogP contribution in [0.2, 0.25) is 5.15 Å². The van der Waals surface area contributed by atoms with Crippen LogP contribution in [0, 0.1) is 6.92 Å². The highest BCUT2D eigenvalue weighted by atomic mass is 35.5. The third kappa shape index (κ3) is 2.09. The summed E-state index contributed by atoms with van der Waals surface area (Å²) in [6, 6.07) is 3.17. The van der Waals surface area contributed by atoms with Crippen LogP contribution in [0.15, 0.2) is 34.1 Å². The molecular weight excluding hydrogens is 254 g/mol. The molecule has 0 aliphatic carbocycles. The number of nitrogens with one attached hydrogen (secondary N) is 1. The Labute approximate surface area is 108 Å². The zero-order valence-corrected chi connectivity index (χ0v) is 10.7. The number of hydrogen-bond acceptors (Lipinski definition) is 3. The van der Waals surface area contributed by atoms with Gasteiger partial charge >= 0.3 is 5.69 Å². The van der Waals surface area contributed by atoms with Crippen LogP contribution < -0.4 is 11.2 Å². The highest BCUT2D eigenvalue weighted by Gasteiger charge is 2.15. The summed E-state index contributed by atoms with van der Waals surface area (Å²) in [5, 5.41) is 0.0830. The van der Waals surface area contributed by atoms with Crippen LogP contribution in [-0.4, -0.2) is 14.5 Å².